The third kappa shape index (κ3) is 13.9. The van der Waals surface area contributed by atoms with E-state index in [1.54, 1.807) is 26.2 Å². The maximum absolute atomic E-state index is 11.0. The average Bonchev–Trinajstić information content (AvgIpc) is 3.37. The maximum atomic E-state index is 11.0. The predicted molar refractivity (Wildman–Crippen MR) is 261 cm³/mol. The number of rotatable bonds is 14. The van der Waals surface area contributed by atoms with Gasteiger partial charge in [-0.2, -0.15) is 10.5 Å². The van der Waals surface area contributed by atoms with Crippen LogP contribution in [0.2, 0.25) is 0 Å². The summed E-state index contributed by atoms with van der Waals surface area (Å²) in [6.45, 7) is 5.45. The number of nitrogens with zero attached hydrogens (tertiary/aromatic N) is 4. The molecule has 11 nitrogen and oxygen atoms in total. The molecule has 8 rings (SSSR count). The number of pyridine rings is 2. The van der Waals surface area contributed by atoms with Crippen molar-refractivity contribution in [1.29, 1.82) is 10.5 Å². The van der Waals surface area contributed by atoms with Crippen LogP contribution in [0.4, 0.5) is 11.4 Å². The van der Waals surface area contributed by atoms with E-state index in [1.165, 1.54) is 0 Å². The van der Waals surface area contributed by atoms with Crippen LogP contribution in [0.3, 0.4) is 0 Å². The van der Waals surface area contributed by atoms with Gasteiger partial charge in [-0.05, 0) is 95.8 Å². The third-order valence-electron chi connectivity index (χ3n) is 10.6. The lowest BCUT2D eigenvalue weighted by molar-refractivity contribution is 0.103. The molecule has 0 saturated heterocycles. The number of nitrogen functional groups attached to an aromatic ring is 1. The molecule has 0 unspecified atom stereocenters. The zero-order valence-electron chi connectivity index (χ0n) is 37.3. The van der Waals surface area contributed by atoms with Crippen LogP contribution in [0.15, 0.2) is 170 Å². The molecule has 0 bridgehead atoms. The van der Waals surface area contributed by atoms with Crippen molar-refractivity contribution in [3.8, 4) is 45.9 Å². The first-order valence-corrected chi connectivity index (χ1v) is 21.4. The van der Waals surface area contributed by atoms with Crippen LogP contribution >= 0.6 is 0 Å². The number of benzene rings is 6. The van der Waals surface area contributed by atoms with E-state index in [4.69, 9.17) is 25.7 Å². The van der Waals surface area contributed by atoms with Gasteiger partial charge in [0.1, 0.15) is 11.5 Å². The van der Waals surface area contributed by atoms with Crippen molar-refractivity contribution in [1.82, 2.24) is 9.97 Å². The van der Waals surface area contributed by atoms with Gasteiger partial charge in [0.25, 0.3) is 0 Å². The Labute approximate surface area is 391 Å². The van der Waals surface area contributed by atoms with Gasteiger partial charge in [0, 0.05) is 47.0 Å². The molecule has 0 aliphatic rings. The Morgan fingerprint density at radius 1 is 0.567 bits per heavy atom. The number of carbonyl (C=O) groups excluding carboxylic acids is 1. The fraction of sp³-hybridized carbons (Fsp3) is 0.125. The summed E-state index contributed by atoms with van der Waals surface area (Å²) < 4.78 is 11.4. The van der Waals surface area contributed by atoms with Gasteiger partial charge < -0.3 is 30.7 Å². The Morgan fingerprint density at radius 3 is 1.45 bits per heavy atom. The summed E-state index contributed by atoms with van der Waals surface area (Å²) in [4.78, 5) is 19.3. The molecule has 5 N–H and O–H groups in total. The highest BCUT2D eigenvalue weighted by atomic mass is 16.5. The third-order valence-corrected chi connectivity index (χ3v) is 10.6. The summed E-state index contributed by atoms with van der Waals surface area (Å²) in [6.07, 6.45) is 3.96. The summed E-state index contributed by atoms with van der Waals surface area (Å²) in [5, 5.41) is 41.4. The van der Waals surface area contributed by atoms with Crippen molar-refractivity contribution in [2.24, 2.45) is 0 Å². The fourth-order valence-corrected chi connectivity index (χ4v) is 6.73. The lowest BCUT2D eigenvalue weighted by Gasteiger charge is -2.15. The first kappa shape index (κ1) is 47.9. The standard InChI is InChI=1S/C28H25N3O2.C15H15NO3.C13H10N2/c1-20-28(32)27(25(16-30-20)19-33-18-22-5-3-2-4-6-22)17-31-26-13-11-24(12-14-26)23-9-7-21(15-29)8-10-23;1-11-15(18)14(8-17)13(7-16-11)10-19-9-12-5-3-2-4-6-12;14-9-10-1-3-11(4-2-10)12-5-7-13(15)8-6-12/h2-14,16,31-32H,17-19H2,1H3;2-8,18H,9-10H2,1H3;1-8H,15H2. The molecule has 0 amide bonds. The second-order valence-electron chi connectivity index (χ2n) is 15.3. The first-order valence-electron chi connectivity index (χ1n) is 21.4. The van der Waals surface area contributed by atoms with Crippen molar-refractivity contribution in [2.75, 3.05) is 11.1 Å². The number of nitrogens with one attached hydrogen (secondary N) is 1. The smallest absolute Gasteiger partial charge is 0.154 e. The second-order valence-corrected chi connectivity index (χ2v) is 15.3. The molecular formula is C56H50N6O5. The zero-order valence-corrected chi connectivity index (χ0v) is 37.3. The van der Waals surface area contributed by atoms with E-state index < -0.39 is 0 Å². The monoisotopic (exact) mass is 886 g/mol. The van der Waals surface area contributed by atoms with E-state index in [0.717, 1.165) is 55.9 Å². The van der Waals surface area contributed by atoms with E-state index in [9.17, 15) is 15.0 Å². The number of aryl methyl sites for hydroxylation is 2. The van der Waals surface area contributed by atoms with E-state index in [1.807, 2.05) is 158 Å². The van der Waals surface area contributed by atoms with E-state index >= 15 is 0 Å². The minimum Gasteiger partial charge on any atom is -0.506 e. The molecule has 0 aliphatic carbocycles. The van der Waals surface area contributed by atoms with Crippen molar-refractivity contribution in [3.63, 3.8) is 0 Å². The van der Waals surface area contributed by atoms with Crippen LogP contribution in [0.5, 0.6) is 11.5 Å². The molecule has 67 heavy (non-hydrogen) atoms. The fourth-order valence-electron chi connectivity index (χ4n) is 6.73. The van der Waals surface area contributed by atoms with Crippen LogP contribution in [0, 0.1) is 36.5 Å². The molecular weight excluding hydrogens is 837 g/mol. The summed E-state index contributed by atoms with van der Waals surface area (Å²) in [5.74, 6) is 0.119. The number of hydrogen-bond donors (Lipinski definition) is 4. The summed E-state index contributed by atoms with van der Waals surface area (Å²) >= 11 is 0. The minimum absolute atomic E-state index is 0.0733. The molecule has 0 spiro atoms. The second kappa shape index (κ2) is 24.5. The van der Waals surface area contributed by atoms with Crippen LogP contribution in [0.1, 0.15) is 60.7 Å². The summed E-state index contributed by atoms with van der Waals surface area (Å²) in [6, 6.07) is 54.7. The average molecular weight is 887 g/mol. The number of hydrogen-bond acceptors (Lipinski definition) is 11. The molecule has 2 heterocycles. The molecule has 0 saturated carbocycles. The van der Waals surface area contributed by atoms with Crippen molar-refractivity contribution < 1.29 is 24.5 Å². The van der Waals surface area contributed by atoms with Gasteiger partial charge in [0.05, 0.1) is 66.6 Å². The summed E-state index contributed by atoms with van der Waals surface area (Å²) in [5.41, 5.74) is 18.6. The van der Waals surface area contributed by atoms with Gasteiger partial charge >= 0.3 is 0 Å². The molecule has 0 aliphatic heterocycles. The minimum atomic E-state index is -0.0733. The van der Waals surface area contributed by atoms with Gasteiger partial charge in [-0.15, -0.1) is 0 Å². The molecule has 11 heteroatoms. The number of nitrogens with two attached hydrogens (primary N) is 1. The number of carbonyl (C=O) groups is 1. The van der Waals surface area contributed by atoms with Crippen molar-refractivity contribution in [3.05, 3.63) is 226 Å². The maximum Gasteiger partial charge on any atom is 0.154 e. The predicted octanol–water partition coefficient (Wildman–Crippen LogP) is 11.4. The van der Waals surface area contributed by atoms with Gasteiger partial charge in [-0.25, -0.2) is 0 Å². The molecule has 6 aromatic carbocycles. The van der Waals surface area contributed by atoms with Gasteiger partial charge in [-0.3, -0.25) is 14.8 Å². The van der Waals surface area contributed by atoms with Gasteiger partial charge in [0.2, 0.25) is 0 Å². The Kier molecular flexibility index (Phi) is 17.5. The highest BCUT2D eigenvalue weighted by Crippen LogP contribution is 2.28. The number of anilines is 2. The number of nitriles is 2. The van der Waals surface area contributed by atoms with Crippen LogP contribution in [0.25, 0.3) is 22.3 Å². The molecule has 334 valence electrons. The van der Waals surface area contributed by atoms with Crippen LogP contribution in [-0.4, -0.2) is 26.5 Å². The highest BCUT2D eigenvalue weighted by molar-refractivity contribution is 5.81. The zero-order chi connectivity index (χ0) is 47.4. The van der Waals surface area contributed by atoms with E-state index in [2.05, 4.69) is 27.4 Å². The van der Waals surface area contributed by atoms with Crippen LogP contribution < -0.4 is 11.1 Å². The highest BCUT2D eigenvalue weighted by Gasteiger charge is 2.13. The lowest BCUT2D eigenvalue weighted by Crippen LogP contribution is -2.07. The SMILES string of the molecule is Cc1ncc(COCc2ccccc2)c(C=O)c1O.Cc1ncc(COCc2ccccc2)c(CNc2ccc(-c3ccc(C#N)cc3)cc2)c1O.N#Cc1ccc(-c2ccc(N)cc2)cc1. The number of aromatic hydroxyl groups is 2. The topological polar surface area (TPSA) is 187 Å². The Hall–Kier alpha value is -8.61. The Morgan fingerprint density at radius 2 is 0.985 bits per heavy atom. The van der Waals surface area contributed by atoms with E-state index in [0.29, 0.717) is 60.7 Å². The Bertz CT molecular complexity index is 2920. The Balaban J connectivity index is 0.000000183. The normalized spacial score (nSPS) is 10.3. The number of ether oxygens (including phenoxy) is 2. The molecule has 0 radical (unpaired) electrons. The first-order chi connectivity index (χ1) is 32.6. The quantitative estimate of drug-likeness (QED) is 0.0601. The van der Waals surface area contributed by atoms with Crippen LogP contribution in [-0.2, 0) is 42.4 Å². The number of aldehydes is 1. The largest absolute Gasteiger partial charge is 0.506 e. The molecule has 2 aromatic heterocycles. The number of aromatic nitrogens is 2. The molecule has 8 aromatic rings. The molecule has 0 fully saturated rings. The van der Waals surface area contributed by atoms with E-state index in [-0.39, 0.29) is 23.7 Å². The van der Waals surface area contributed by atoms with Crippen molar-refractivity contribution in [2.45, 2.75) is 46.8 Å². The van der Waals surface area contributed by atoms with Crippen molar-refractivity contribution >= 4 is 17.7 Å². The van der Waals surface area contributed by atoms with Gasteiger partial charge in [-0.1, -0.05) is 109 Å². The lowest BCUT2D eigenvalue weighted by atomic mass is 10.0. The molecule has 0 atom stereocenters. The summed E-state index contributed by atoms with van der Waals surface area (Å²) in [7, 11) is 0. The van der Waals surface area contributed by atoms with Gasteiger partial charge in [0.15, 0.2) is 6.29 Å².